The number of esters is 1. The molecule has 0 N–H and O–H groups in total. The maximum absolute atomic E-state index is 12.8. The number of nitrogens with zero attached hydrogens (tertiary/aromatic N) is 3. The van der Waals surface area contributed by atoms with Crippen molar-refractivity contribution in [2.45, 2.75) is 38.7 Å². The number of carbonyl (C=O) groups excluding carboxylic acids is 1. The fraction of sp³-hybridized carbons (Fsp3) is 0.318. The van der Waals surface area contributed by atoms with Gasteiger partial charge in [0.05, 0.1) is 10.5 Å². The van der Waals surface area contributed by atoms with Gasteiger partial charge < -0.3 is 9.15 Å². The number of benzene rings is 2. The van der Waals surface area contributed by atoms with Crippen molar-refractivity contribution in [3.63, 3.8) is 0 Å². The molecule has 1 aromatic heterocycles. The summed E-state index contributed by atoms with van der Waals surface area (Å²) < 4.78 is 38.1. The molecule has 0 aliphatic carbocycles. The van der Waals surface area contributed by atoms with E-state index in [2.05, 4.69) is 10.2 Å². The number of hydrogen-bond donors (Lipinski definition) is 0. The van der Waals surface area contributed by atoms with Crippen molar-refractivity contribution in [2.24, 2.45) is 0 Å². The summed E-state index contributed by atoms with van der Waals surface area (Å²) in [7, 11) is -3.70. The molecule has 0 spiro atoms. The minimum absolute atomic E-state index is 0.0468. The molecule has 8 nitrogen and oxygen atoms in total. The third-order valence-electron chi connectivity index (χ3n) is 4.87. The van der Waals surface area contributed by atoms with Crippen molar-refractivity contribution in [1.29, 1.82) is 0 Å². The summed E-state index contributed by atoms with van der Waals surface area (Å²) in [5.41, 5.74) is 1.53. The predicted octanol–water partition coefficient (Wildman–Crippen LogP) is 3.99. The molecule has 0 aliphatic heterocycles. The van der Waals surface area contributed by atoms with Gasteiger partial charge in [-0.2, -0.15) is 4.31 Å². The minimum atomic E-state index is -3.70. The zero-order chi connectivity index (χ0) is 22.6. The smallest absolute Gasteiger partial charge is 0.339 e. The third kappa shape index (κ3) is 4.83. The SMILES string of the molecule is CCN(CC)S(=O)(=O)c1ccc(C)c(C(=O)OC(C)c2nnc(-c3ccccc3)o2)c1. The van der Waals surface area contributed by atoms with Crippen molar-refractivity contribution in [1.82, 2.24) is 14.5 Å². The summed E-state index contributed by atoms with van der Waals surface area (Å²) in [5.74, 6) is -0.195. The summed E-state index contributed by atoms with van der Waals surface area (Å²) >= 11 is 0. The average molecular weight is 444 g/mol. The monoisotopic (exact) mass is 443 g/mol. The summed E-state index contributed by atoms with van der Waals surface area (Å²) in [4.78, 5) is 12.8. The van der Waals surface area contributed by atoms with Crippen molar-refractivity contribution in [3.8, 4) is 11.5 Å². The number of carbonyl (C=O) groups is 1. The van der Waals surface area contributed by atoms with Gasteiger partial charge in [0.15, 0.2) is 6.10 Å². The Bertz CT molecular complexity index is 1150. The number of ether oxygens (including phenoxy) is 1. The van der Waals surface area contributed by atoms with Crippen LogP contribution in [-0.4, -0.2) is 42.0 Å². The average Bonchev–Trinajstić information content (AvgIpc) is 3.25. The minimum Gasteiger partial charge on any atom is -0.449 e. The fourth-order valence-electron chi connectivity index (χ4n) is 3.06. The van der Waals surface area contributed by atoms with Gasteiger partial charge >= 0.3 is 5.97 Å². The molecule has 2 aromatic carbocycles. The first-order valence-electron chi connectivity index (χ1n) is 9.98. The van der Waals surface area contributed by atoms with Gasteiger partial charge in [-0.05, 0) is 43.7 Å². The Morgan fingerprint density at radius 1 is 1.10 bits per heavy atom. The lowest BCUT2D eigenvalue weighted by atomic mass is 10.1. The van der Waals surface area contributed by atoms with Crippen LogP contribution in [0.25, 0.3) is 11.5 Å². The van der Waals surface area contributed by atoms with Crippen molar-refractivity contribution in [2.75, 3.05) is 13.1 Å². The largest absolute Gasteiger partial charge is 0.449 e. The molecule has 164 valence electrons. The van der Waals surface area contributed by atoms with Gasteiger partial charge in [0.1, 0.15) is 0 Å². The third-order valence-corrected chi connectivity index (χ3v) is 6.91. The number of aromatic nitrogens is 2. The van der Waals surface area contributed by atoms with Crippen molar-refractivity contribution < 1.29 is 22.4 Å². The molecule has 1 unspecified atom stereocenters. The lowest BCUT2D eigenvalue weighted by molar-refractivity contribution is 0.0278. The highest BCUT2D eigenvalue weighted by Gasteiger charge is 2.25. The molecular formula is C22H25N3O5S. The first-order valence-corrected chi connectivity index (χ1v) is 11.4. The first kappa shape index (κ1) is 22.6. The van der Waals surface area contributed by atoms with E-state index in [9.17, 15) is 13.2 Å². The van der Waals surface area contributed by atoms with E-state index in [-0.39, 0.29) is 16.3 Å². The normalized spacial score (nSPS) is 12.7. The molecule has 0 bridgehead atoms. The number of aryl methyl sites for hydroxylation is 1. The highest BCUT2D eigenvalue weighted by Crippen LogP contribution is 2.25. The van der Waals surface area contributed by atoms with Crippen LogP contribution in [0.2, 0.25) is 0 Å². The van der Waals surface area contributed by atoms with Gasteiger partial charge in [0, 0.05) is 18.7 Å². The Labute approximate surface area is 181 Å². The van der Waals surface area contributed by atoms with Crippen LogP contribution in [0, 0.1) is 6.92 Å². The Kier molecular flexibility index (Phi) is 6.87. The molecule has 9 heteroatoms. The van der Waals surface area contributed by atoms with E-state index in [0.717, 1.165) is 5.56 Å². The van der Waals surface area contributed by atoms with Gasteiger partial charge in [0.25, 0.3) is 5.89 Å². The molecule has 1 heterocycles. The van der Waals surface area contributed by atoms with Crippen LogP contribution in [0.4, 0.5) is 0 Å². The highest BCUT2D eigenvalue weighted by molar-refractivity contribution is 7.89. The van der Waals surface area contributed by atoms with Crippen molar-refractivity contribution in [3.05, 3.63) is 65.5 Å². The van der Waals surface area contributed by atoms with Crippen LogP contribution in [0.15, 0.2) is 57.8 Å². The van der Waals surface area contributed by atoms with Gasteiger partial charge in [-0.3, -0.25) is 0 Å². The van der Waals surface area contributed by atoms with Gasteiger partial charge in [0.2, 0.25) is 15.9 Å². The van der Waals surface area contributed by atoms with E-state index >= 15 is 0 Å². The van der Waals surface area contributed by atoms with E-state index in [4.69, 9.17) is 9.15 Å². The van der Waals surface area contributed by atoms with E-state index in [1.807, 2.05) is 30.3 Å². The molecule has 3 rings (SSSR count). The van der Waals surface area contributed by atoms with E-state index in [0.29, 0.717) is 24.5 Å². The van der Waals surface area contributed by atoms with Crippen LogP contribution < -0.4 is 0 Å². The van der Waals surface area contributed by atoms with Crippen LogP contribution in [0.1, 0.15) is 48.7 Å². The number of rotatable bonds is 8. The van der Waals surface area contributed by atoms with Crippen LogP contribution in [-0.2, 0) is 14.8 Å². The lowest BCUT2D eigenvalue weighted by Gasteiger charge is -2.19. The number of sulfonamides is 1. The quantitative estimate of drug-likeness (QED) is 0.485. The van der Waals surface area contributed by atoms with Crippen molar-refractivity contribution >= 4 is 16.0 Å². The molecule has 0 radical (unpaired) electrons. The van der Waals surface area contributed by atoms with Gasteiger partial charge in [-0.25, -0.2) is 13.2 Å². The van der Waals surface area contributed by atoms with Crippen LogP contribution in [0.3, 0.4) is 0 Å². The first-order chi connectivity index (χ1) is 14.8. The molecule has 0 fully saturated rings. The van der Waals surface area contributed by atoms with Gasteiger partial charge in [-0.15, -0.1) is 10.2 Å². The summed E-state index contributed by atoms with van der Waals surface area (Å²) in [6.45, 7) is 7.54. The highest BCUT2D eigenvalue weighted by atomic mass is 32.2. The van der Waals surface area contributed by atoms with E-state index < -0.39 is 22.1 Å². The van der Waals surface area contributed by atoms with E-state index in [1.165, 1.54) is 16.4 Å². The number of hydrogen-bond acceptors (Lipinski definition) is 7. The second-order valence-electron chi connectivity index (χ2n) is 6.93. The molecule has 0 amide bonds. The van der Waals surface area contributed by atoms with Gasteiger partial charge in [-0.1, -0.05) is 38.1 Å². The van der Waals surface area contributed by atoms with Crippen LogP contribution >= 0.6 is 0 Å². The molecule has 0 saturated carbocycles. The zero-order valence-electron chi connectivity index (χ0n) is 17.9. The standard InChI is InChI=1S/C22H25N3O5S/c1-5-25(6-2)31(27,28)18-13-12-15(3)19(14-18)22(26)29-16(4)20-23-24-21(30-20)17-10-8-7-9-11-17/h7-14,16H,5-6H2,1-4H3. The second kappa shape index (κ2) is 9.40. The lowest BCUT2D eigenvalue weighted by Crippen LogP contribution is -2.30. The molecule has 1 atom stereocenters. The second-order valence-corrected chi connectivity index (χ2v) is 8.86. The fourth-order valence-corrected chi connectivity index (χ4v) is 4.55. The van der Waals surface area contributed by atoms with Crippen LogP contribution in [0.5, 0.6) is 0 Å². The Morgan fingerprint density at radius 2 is 1.77 bits per heavy atom. The predicted molar refractivity (Wildman–Crippen MR) is 115 cm³/mol. The molecule has 31 heavy (non-hydrogen) atoms. The summed E-state index contributed by atoms with van der Waals surface area (Å²) in [5, 5.41) is 7.96. The molecule has 0 saturated heterocycles. The van der Waals surface area contributed by atoms with E-state index in [1.54, 1.807) is 33.8 Å². The maximum atomic E-state index is 12.8. The Morgan fingerprint density at radius 3 is 2.42 bits per heavy atom. The maximum Gasteiger partial charge on any atom is 0.339 e. The summed E-state index contributed by atoms with van der Waals surface area (Å²) in [6, 6.07) is 13.7. The Balaban J connectivity index is 1.81. The topological polar surface area (TPSA) is 103 Å². The molecule has 0 aliphatic rings. The zero-order valence-corrected chi connectivity index (χ0v) is 18.7. The molecular weight excluding hydrogens is 418 g/mol. The molecule has 3 aromatic rings. The summed E-state index contributed by atoms with van der Waals surface area (Å²) in [6.07, 6.45) is -0.806. The Hall–Kier alpha value is -3.04.